The maximum atomic E-state index is 12.7. The summed E-state index contributed by atoms with van der Waals surface area (Å²) in [5.74, 6) is -3.45. The van der Waals surface area contributed by atoms with E-state index in [-0.39, 0.29) is 34.6 Å². The maximum Gasteiger partial charge on any atom is 0.290 e. The van der Waals surface area contributed by atoms with Crippen molar-refractivity contribution in [2.75, 3.05) is 26.3 Å². The van der Waals surface area contributed by atoms with E-state index in [0.717, 1.165) is 0 Å². The van der Waals surface area contributed by atoms with E-state index < -0.39 is 21.7 Å². The number of nitrogens with zero attached hydrogens (tertiary/aromatic N) is 2. The summed E-state index contributed by atoms with van der Waals surface area (Å²) in [6.07, 6.45) is 1.34. The van der Waals surface area contributed by atoms with Gasteiger partial charge in [0, 0.05) is 25.8 Å². The van der Waals surface area contributed by atoms with Gasteiger partial charge in [-0.1, -0.05) is 24.3 Å². The standard InChI is InChI=1S/C19H21F2N3O4S2/c20-19(21)29-18-16(6-3-7-22-18)17(25)23-12-14-4-1-2-5-15(14)13-30(26,27)24-8-10-28-11-9-24/h1-7,19H,8-13H2,(H,23,25). The molecule has 0 unspecified atom stereocenters. The Hall–Kier alpha value is -2.08. The van der Waals surface area contributed by atoms with Crippen molar-refractivity contribution in [2.24, 2.45) is 0 Å². The van der Waals surface area contributed by atoms with Gasteiger partial charge in [-0.05, 0) is 35.0 Å². The van der Waals surface area contributed by atoms with E-state index in [4.69, 9.17) is 4.74 Å². The number of hydrogen-bond donors (Lipinski definition) is 1. The van der Waals surface area contributed by atoms with Crippen LogP contribution in [0.3, 0.4) is 0 Å². The smallest absolute Gasteiger partial charge is 0.290 e. The van der Waals surface area contributed by atoms with Crippen LogP contribution in [0.25, 0.3) is 0 Å². The number of hydrogen-bond acceptors (Lipinski definition) is 6. The zero-order valence-corrected chi connectivity index (χ0v) is 17.6. The molecule has 0 bridgehead atoms. The molecule has 30 heavy (non-hydrogen) atoms. The topological polar surface area (TPSA) is 88.6 Å². The van der Waals surface area contributed by atoms with Gasteiger partial charge in [-0.25, -0.2) is 13.4 Å². The molecule has 1 N–H and O–H groups in total. The second-order valence-electron chi connectivity index (χ2n) is 6.45. The molecular formula is C19H21F2N3O4S2. The molecule has 7 nitrogen and oxygen atoms in total. The Morgan fingerprint density at radius 3 is 2.57 bits per heavy atom. The third-order valence-electron chi connectivity index (χ3n) is 4.48. The van der Waals surface area contributed by atoms with Gasteiger partial charge in [-0.2, -0.15) is 13.1 Å². The molecule has 0 radical (unpaired) electrons. The summed E-state index contributed by atoms with van der Waals surface area (Å²) in [4.78, 5) is 16.4. The van der Waals surface area contributed by atoms with Crippen LogP contribution in [0.5, 0.6) is 0 Å². The molecule has 0 saturated carbocycles. The molecule has 1 fully saturated rings. The van der Waals surface area contributed by atoms with E-state index in [2.05, 4.69) is 10.3 Å². The maximum absolute atomic E-state index is 12.7. The van der Waals surface area contributed by atoms with E-state index in [9.17, 15) is 22.0 Å². The second kappa shape index (κ2) is 10.3. The summed E-state index contributed by atoms with van der Waals surface area (Å²) in [6, 6.07) is 9.81. The zero-order valence-electron chi connectivity index (χ0n) is 16.0. The number of rotatable bonds is 8. The van der Waals surface area contributed by atoms with Crippen molar-refractivity contribution in [3.8, 4) is 0 Å². The van der Waals surface area contributed by atoms with Gasteiger partial charge < -0.3 is 10.1 Å². The lowest BCUT2D eigenvalue weighted by atomic mass is 10.1. The lowest BCUT2D eigenvalue weighted by Crippen LogP contribution is -2.41. The number of thioether (sulfide) groups is 1. The lowest BCUT2D eigenvalue weighted by molar-refractivity contribution is 0.0729. The molecule has 1 aromatic carbocycles. The second-order valence-corrected chi connectivity index (χ2v) is 9.40. The fraction of sp³-hybridized carbons (Fsp3) is 0.368. The minimum Gasteiger partial charge on any atom is -0.379 e. The summed E-state index contributed by atoms with van der Waals surface area (Å²) in [5.41, 5.74) is 1.24. The van der Waals surface area contributed by atoms with E-state index in [1.807, 2.05) is 0 Å². The highest BCUT2D eigenvalue weighted by Crippen LogP contribution is 2.26. The largest absolute Gasteiger partial charge is 0.379 e. The number of aromatic nitrogens is 1. The highest BCUT2D eigenvalue weighted by atomic mass is 32.2. The summed E-state index contributed by atoms with van der Waals surface area (Å²) in [6.45, 7) is 1.41. The number of amides is 1. The Labute approximate surface area is 177 Å². The van der Waals surface area contributed by atoms with Crippen molar-refractivity contribution in [3.05, 3.63) is 59.3 Å². The van der Waals surface area contributed by atoms with Crippen LogP contribution in [0.15, 0.2) is 47.6 Å². The number of carbonyl (C=O) groups is 1. The lowest BCUT2D eigenvalue weighted by Gasteiger charge is -2.26. The Morgan fingerprint density at radius 1 is 1.17 bits per heavy atom. The Balaban J connectivity index is 1.71. The zero-order chi connectivity index (χ0) is 21.6. The molecule has 2 heterocycles. The molecule has 1 saturated heterocycles. The van der Waals surface area contributed by atoms with Gasteiger partial charge in [0.15, 0.2) is 0 Å². The molecule has 11 heteroatoms. The van der Waals surface area contributed by atoms with Gasteiger partial charge >= 0.3 is 0 Å². The predicted octanol–water partition coefficient (Wildman–Crippen LogP) is 2.49. The predicted molar refractivity (Wildman–Crippen MR) is 109 cm³/mol. The number of ether oxygens (including phenoxy) is 1. The van der Waals surface area contributed by atoms with Gasteiger partial charge in [0.05, 0.1) is 24.5 Å². The van der Waals surface area contributed by atoms with Crippen LogP contribution < -0.4 is 5.32 Å². The van der Waals surface area contributed by atoms with Crippen LogP contribution in [0.1, 0.15) is 21.5 Å². The third-order valence-corrected chi connectivity index (χ3v) is 7.03. The molecule has 162 valence electrons. The van der Waals surface area contributed by atoms with Gasteiger partial charge in [0.1, 0.15) is 5.03 Å². The van der Waals surface area contributed by atoms with E-state index in [1.165, 1.54) is 22.6 Å². The number of carbonyl (C=O) groups excluding carboxylic acids is 1. The molecule has 2 aromatic rings. The molecule has 1 aliphatic heterocycles. The number of pyridine rings is 1. The van der Waals surface area contributed by atoms with Crippen molar-refractivity contribution >= 4 is 27.7 Å². The van der Waals surface area contributed by atoms with Crippen molar-refractivity contribution in [1.29, 1.82) is 0 Å². The molecule has 0 spiro atoms. The molecule has 1 aromatic heterocycles. The number of morpholine rings is 1. The van der Waals surface area contributed by atoms with Crippen LogP contribution >= 0.6 is 11.8 Å². The minimum atomic E-state index is -3.53. The first-order valence-electron chi connectivity index (χ1n) is 9.17. The van der Waals surface area contributed by atoms with E-state index in [0.29, 0.717) is 37.4 Å². The van der Waals surface area contributed by atoms with Gasteiger partial charge in [-0.3, -0.25) is 4.79 Å². The summed E-state index contributed by atoms with van der Waals surface area (Å²) in [5, 5.41) is 2.61. The molecule has 0 aliphatic carbocycles. The number of halogens is 2. The van der Waals surface area contributed by atoms with Crippen molar-refractivity contribution in [3.63, 3.8) is 0 Å². The van der Waals surface area contributed by atoms with Gasteiger partial charge in [-0.15, -0.1) is 0 Å². The molecule has 1 amide bonds. The average molecular weight is 458 g/mol. The minimum absolute atomic E-state index is 0.0428. The first-order valence-corrected chi connectivity index (χ1v) is 11.7. The Kier molecular flexibility index (Phi) is 7.75. The highest BCUT2D eigenvalue weighted by Gasteiger charge is 2.25. The number of alkyl halides is 2. The summed E-state index contributed by atoms with van der Waals surface area (Å²) >= 11 is 0.202. The SMILES string of the molecule is O=C(NCc1ccccc1CS(=O)(=O)N1CCOCC1)c1cccnc1SC(F)F. The Bertz CT molecular complexity index is 983. The quantitative estimate of drug-likeness (QED) is 0.613. The van der Waals surface area contributed by atoms with Gasteiger partial charge in [0.2, 0.25) is 10.0 Å². The molecular weight excluding hydrogens is 436 g/mol. The van der Waals surface area contributed by atoms with Crippen LogP contribution in [0.4, 0.5) is 8.78 Å². The van der Waals surface area contributed by atoms with E-state index >= 15 is 0 Å². The normalized spacial score (nSPS) is 15.3. The number of nitrogens with one attached hydrogen (secondary N) is 1. The van der Waals surface area contributed by atoms with Crippen LogP contribution in [-0.2, 0) is 27.1 Å². The molecule has 3 rings (SSSR count). The van der Waals surface area contributed by atoms with Crippen LogP contribution in [0.2, 0.25) is 0 Å². The van der Waals surface area contributed by atoms with Crippen LogP contribution in [0, 0.1) is 0 Å². The number of benzene rings is 1. The first kappa shape index (κ1) is 22.6. The van der Waals surface area contributed by atoms with Crippen LogP contribution in [-0.4, -0.2) is 55.7 Å². The van der Waals surface area contributed by atoms with Crippen molar-refractivity contribution in [1.82, 2.24) is 14.6 Å². The van der Waals surface area contributed by atoms with Gasteiger partial charge in [0.25, 0.3) is 11.7 Å². The monoisotopic (exact) mass is 457 g/mol. The molecule has 0 atom stereocenters. The summed E-state index contributed by atoms with van der Waals surface area (Å²) in [7, 11) is -3.53. The average Bonchev–Trinajstić information content (AvgIpc) is 2.73. The summed E-state index contributed by atoms with van der Waals surface area (Å²) < 4.78 is 57.4. The first-order chi connectivity index (χ1) is 14.4. The fourth-order valence-corrected chi connectivity index (χ4v) is 5.14. The fourth-order valence-electron chi connectivity index (χ4n) is 3.00. The van der Waals surface area contributed by atoms with Crippen molar-refractivity contribution < 1.29 is 26.7 Å². The van der Waals surface area contributed by atoms with Crippen molar-refractivity contribution in [2.45, 2.75) is 23.1 Å². The highest BCUT2D eigenvalue weighted by molar-refractivity contribution is 7.99. The number of sulfonamides is 1. The Morgan fingerprint density at radius 2 is 1.87 bits per heavy atom. The molecule has 1 aliphatic rings. The third kappa shape index (κ3) is 5.97. The van der Waals surface area contributed by atoms with E-state index in [1.54, 1.807) is 24.3 Å².